The Kier molecular flexibility index (Phi) is 5.28. The van der Waals surface area contributed by atoms with Crippen LogP contribution in [0, 0.1) is 6.92 Å². The number of pyridine rings is 1. The summed E-state index contributed by atoms with van der Waals surface area (Å²) in [6, 6.07) is 6.51. The predicted molar refractivity (Wildman–Crippen MR) is 84.6 cm³/mol. The van der Waals surface area contributed by atoms with E-state index < -0.39 is 5.91 Å². The summed E-state index contributed by atoms with van der Waals surface area (Å²) >= 11 is 17.8. The molecule has 1 amide bonds. The summed E-state index contributed by atoms with van der Waals surface area (Å²) in [7, 11) is 0. The molecule has 0 unspecified atom stereocenters. The Morgan fingerprint density at radius 2 is 1.90 bits per heavy atom. The van der Waals surface area contributed by atoms with Gasteiger partial charge in [-0.2, -0.15) is 0 Å². The third-order valence-corrected chi connectivity index (χ3v) is 3.32. The van der Waals surface area contributed by atoms with Crippen LogP contribution in [0.2, 0.25) is 15.1 Å². The highest BCUT2D eigenvalue weighted by atomic mass is 35.5. The van der Waals surface area contributed by atoms with E-state index in [-0.39, 0.29) is 16.7 Å². The van der Waals surface area contributed by atoms with E-state index in [1.165, 1.54) is 12.1 Å². The van der Waals surface area contributed by atoms with Crippen LogP contribution >= 0.6 is 34.8 Å². The maximum Gasteiger partial charge on any atom is 0.262 e. The van der Waals surface area contributed by atoms with E-state index in [1.54, 1.807) is 12.3 Å². The molecule has 0 radical (unpaired) electrons. The van der Waals surface area contributed by atoms with Gasteiger partial charge >= 0.3 is 0 Å². The van der Waals surface area contributed by atoms with E-state index >= 15 is 0 Å². The number of carbonyl (C=O) groups is 1. The maximum absolute atomic E-state index is 11.8. The van der Waals surface area contributed by atoms with E-state index in [0.717, 1.165) is 5.56 Å². The third-order valence-electron chi connectivity index (χ3n) is 2.51. The normalized spacial score (nSPS) is 10.3. The summed E-state index contributed by atoms with van der Waals surface area (Å²) in [5.74, 6) is -0.0347. The number of aromatic nitrogens is 1. The van der Waals surface area contributed by atoms with Crippen LogP contribution in [-0.4, -0.2) is 17.5 Å². The summed E-state index contributed by atoms with van der Waals surface area (Å²) in [5, 5.41) is 3.48. The monoisotopic (exact) mass is 344 g/mol. The summed E-state index contributed by atoms with van der Waals surface area (Å²) in [4.78, 5) is 15.9. The van der Waals surface area contributed by atoms with Crippen molar-refractivity contribution >= 4 is 46.4 Å². The molecule has 0 saturated heterocycles. The van der Waals surface area contributed by atoms with Gasteiger partial charge in [0.1, 0.15) is 0 Å². The summed E-state index contributed by atoms with van der Waals surface area (Å²) < 4.78 is 5.26. The molecule has 0 spiro atoms. The van der Waals surface area contributed by atoms with Gasteiger partial charge in [0, 0.05) is 17.3 Å². The van der Waals surface area contributed by atoms with Gasteiger partial charge in [-0.1, -0.05) is 40.9 Å². The predicted octanol–water partition coefficient (Wildman–Crippen LogP) is 4.37. The molecule has 7 heteroatoms. The summed E-state index contributed by atoms with van der Waals surface area (Å²) in [6.07, 6.45) is 1.65. The van der Waals surface area contributed by atoms with Gasteiger partial charge in [0.25, 0.3) is 5.91 Å². The zero-order valence-electron chi connectivity index (χ0n) is 11.0. The second-order valence-corrected chi connectivity index (χ2v) is 5.51. The second kappa shape index (κ2) is 6.98. The van der Waals surface area contributed by atoms with E-state index in [0.29, 0.717) is 16.6 Å². The quantitative estimate of drug-likeness (QED) is 0.895. The number of anilines is 1. The van der Waals surface area contributed by atoms with Crippen LogP contribution < -0.4 is 10.1 Å². The van der Waals surface area contributed by atoms with E-state index in [1.807, 2.05) is 13.0 Å². The van der Waals surface area contributed by atoms with Crippen molar-refractivity contribution in [3.8, 4) is 5.88 Å². The van der Waals surface area contributed by atoms with Crippen molar-refractivity contribution in [3.63, 3.8) is 0 Å². The molecule has 110 valence electrons. The van der Waals surface area contributed by atoms with Crippen LogP contribution in [0.4, 0.5) is 5.69 Å². The number of nitrogens with one attached hydrogen (secondary N) is 1. The number of amides is 1. The van der Waals surface area contributed by atoms with E-state index in [4.69, 9.17) is 39.5 Å². The van der Waals surface area contributed by atoms with Crippen molar-refractivity contribution in [1.82, 2.24) is 4.98 Å². The Morgan fingerprint density at radius 3 is 2.48 bits per heavy atom. The molecular weight excluding hydrogens is 335 g/mol. The fourth-order valence-corrected chi connectivity index (χ4v) is 2.43. The molecule has 21 heavy (non-hydrogen) atoms. The number of nitrogens with zero attached hydrogens (tertiary/aromatic N) is 1. The Hall–Kier alpha value is -1.49. The molecule has 0 fully saturated rings. The number of carbonyl (C=O) groups excluding carboxylic acids is 1. The first-order valence-corrected chi connectivity index (χ1v) is 7.09. The fourth-order valence-electron chi connectivity index (χ4n) is 1.52. The SMILES string of the molecule is Cc1ccc(OCC(=O)Nc2c(Cl)cc(Cl)cc2Cl)nc1. The van der Waals surface area contributed by atoms with Crippen molar-refractivity contribution in [3.05, 3.63) is 51.1 Å². The molecule has 4 nitrogen and oxygen atoms in total. The summed E-state index contributed by atoms with van der Waals surface area (Å²) in [5.41, 5.74) is 1.31. The van der Waals surface area contributed by atoms with E-state index in [2.05, 4.69) is 10.3 Å². The standard InChI is InChI=1S/C14H11Cl3N2O2/c1-8-2-3-13(18-6-8)21-7-12(20)19-14-10(16)4-9(15)5-11(14)17/h2-6H,7H2,1H3,(H,19,20). The highest BCUT2D eigenvalue weighted by Crippen LogP contribution is 2.33. The first kappa shape index (κ1) is 15.9. The number of benzene rings is 1. The first-order valence-electron chi connectivity index (χ1n) is 5.95. The lowest BCUT2D eigenvalue weighted by atomic mass is 10.3. The van der Waals surface area contributed by atoms with Crippen molar-refractivity contribution in [2.75, 3.05) is 11.9 Å². The number of hydrogen-bond donors (Lipinski definition) is 1. The molecule has 1 aromatic heterocycles. The van der Waals surface area contributed by atoms with Gasteiger partial charge in [-0.25, -0.2) is 4.98 Å². The Morgan fingerprint density at radius 1 is 1.24 bits per heavy atom. The molecule has 0 aliphatic heterocycles. The average molecular weight is 346 g/mol. The molecule has 0 saturated carbocycles. The van der Waals surface area contributed by atoms with Crippen LogP contribution in [-0.2, 0) is 4.79 Å². The van der Waals surface area contributed by atoms with Gasteiger partial charge in [0.2, 0.25) is 5.88 Å². The number of rotatable bonds is 4. The lowest BCUT2D eigenvalue weighted by Gasteiger charge is -2.10. The highest BCUT2D eigenvalue weighted by Gasteiger charge is 2.12. The van der Waals surface area contributed by atoms with Gasteiger partial charge < -0.3 is 10.1 Å². The fraction of sp³-hybridized carbons (Fsp3) is 0.143. The topological polar surface area (TPSA) is 51.2 Å². The average Bonchev–Trinajstić information content (AvgIpc) is 2.42. The first-order chi connectivity index (χ1) is 9.95. The van der Waals surface area contributed by atoms with Gasteiger partial charge in [0.05, 0.1) is 15.7 Å². The molecule has 0 aliphatic carbocycles. The van der Waals surface area contributed by atoms with Crippen LogP contribution in [0.1, 0.15) is 5.56 Å². The lowest BCUT2D eigenvalue weighted by molar-refractivity contribution is -0.118. The van der Waals surface area contributed by atoms with Crippen LogP contribution in [0.25, 0.3) is 0 Å². The van der Waals surface area contributed by atoms with Crippen LogP contribution in [0.3, 0.4) is 0 Å². The smallest absolute Gasteiger partial charge is 0.262 e. The lowest BCUT2D eigenvalue weighted by Crippen LogP contribution is -2.20. The highest BCUT2D eigenvalue weighted by molar-refractivity contribution is 6.42. The number of halogens is 3. The van der Waals surface area contributed by atoms with Gasteiger partial charge in [-0.3, -0.25) is 4.79 Å². The molecule has 1 heterocycles. The minimum absolute atomic E-state index is 0.203. The van der Waals surface area contributed by atoms with Gasteiger partial charge in [-0.15, -0.1) is 0 Å². The van der Waals surface area contributed by atoms with Crippen molar-refractivity contribution in [2.45, 2.75) is 6.92 Å². The van der Waals surface area contributed by atoms with Gasteiger partial charge in [-0.05, 0) is 24.6 Å². The van der Waals surface area contributed by atoms with Crippen molar-refractivity contribution in [1.29, 1.82) is 0 Å². The Labute approximate surface area is 137 Å². The number of aryl methyl sites for hydroxylation is 1. The van der Waals surface area contributed by atoms with Crippen LogP contribution in [0.5, 0.6) is 5.88 Å². The zero-order chi connectivity index (χ0) is 15.4. The zero-order valence-corrected chi connectivity index (χ0v) is 13.3. The second-order valence-electron chi connectivity index (χ2n) is 4.26. The van der Waals surface area contributed by atoms with E-state index in [9.17, 15) is 4.79 Å². The molecule has 2 rings (SSSR count). The largest absolute Gasteiger partial charge is 0.468 e. The number of hydrogen-bond acceptors (Lipinski definition) is 3. The van der Waals surface area contributed by atoms with Crippen molar-refractivity contribution < 1.29 is 9.53 Å². The molecule has 0 aliphatic rings. The summed E-state index contributed by atoms with van der Waals surface area (Å²) in [6.45, 7) is 1.71. The maximum atomic E-state index is 11.8. The molecule has 1 N–H and O–H groups in total. The molecule has 0 bridgehead atoms. The Bertz CT molecular complexity index is 637. The molecule has 2 aromatic rings. The molecular formula is C14H11Cl3N2O2. The third kappa shape index (κ3) is 4.49. The Balaban J connectivity index is 1.97. The number of ether oxygens (including phenoxy) is 1. The minimum atomic E-state index is -0.400. The van der Waals surface area contributed by atoms with Crippen LogP contribution in [0.15, 0.2) is 30.5 Å². The molecule has 1 aromatic carbocycles. The molecule has 0 atom stereocenters. The van der Waals surface area contributed by atoms with Crippen molar-refractivity contribution in [2.24, 2.45) is 0 Å². The van der Waals surface area contributed by atoms with Gasteiger partial charge in [0.15, 0.2) is 6.61 Å². The minimum Gasteiger partial charge on any atom is -0.468 e.